The molecule has 2 fully saturated rings. The first-order valence-corrected chi connectivity index (χ1v) is 10.2. The van der Waals surface area contributed by atoms with Crippen LogP contribution in [0.2, 0.25) is 0 Å². The molecule has 2 aliphatic carbocycles. The van der Waals surface area contributed by atoms with E-state index in [0.717, 1.165) is 25.8 Å². The van der Waals surface area contributed by atoms with E-state index in [1.165, 1.54) is 18.4 Å². The fourth-order valence-corrected chi connectivity index (χ4v) is 3.96. The van der Waals surface area contributed by atoms with Crippen LogP contribution in [0.25, 0.3) is 0 Å². The molecule has 0 aliphatic heterocycles. The molecule has 2 N–H and O–H groups in total. The Kier molecular flexibility index (Phi) is 6.53. The minimum atomic E-state index is -0.758. The lowest BCUT2D eigenvalue weighted by Crippen LogP contribution is -2.56. The van der Waals surface area contributed by atoms with Gasteiger partial charge in [-0.1, -0.05) is 44.2 Å². The molecule has 0 bridgehead atoms. The molecule has 1 atom stereocenters. The summed E-state index contributed by atoms with van der Waals surface area (Å²) in [5.41, 5.74) is 1.19. The molecule has 0 saturated heterocycles. The smallest absolute Gasteiger partial charge is 0.317 e. The molecular formula is C22H32N2O3. The molecule has 1 aromatic carbocycles. The van der Waals surface area contributed by atoms with Gasteiger partial charge in [0.25, 0.3) is 0 Å². The number of rotatable bonds is 10. The van der Waals surface area contributed by atoms with Gasteiger partial charge >= 0.3 is 5.97 Å². The molecule has 27 heavy (non-hydrogen) atoms. The number of carboxylic acids is 1. The van der Waals surface area contributed by atoms with Crippen molar-refractivity contribution in [3.8, 4) is 0 Å². The Morgan fingerprint density at radius 2 is 1.85 bits per heavy atom. The van der Waals surface area contributed by atoms with Crippen LogP contribution < -0.4 is 5.32 Å². The first-order chi connectivity index (χ1) is 12.9. The number of hydrogen-bond donors (Lipinski definition) is 2. The van der Waals surface area contributed by atoms with Crippen LogP contribution >= 0.6 is 0 Å². The van der Waals surface area contributed by atoms with E-state index in [2.05, 4.69) is 36.2 Å². The van der Waals surface area contributed by atoms with Crippen molar-refractivity contribution in [2.75, 3.05) is 13.1 Å². The van der Waals surface area contributed by atoms with Gasteiger partial charge in [-0.2, -0.15) is 0 Å². The van der Waals surface area contributed by atoms with E-state index in [1.54, 1.807) is 0 Å². The highest BCUT2D eigenvalue weighted by molar-refractivity contribution is 5.79. The Morgan fingerprint density at radius 1 is 1.19 bits per heavy atom. The lowest BCUT2D eigenvalue weighted by molar-refractivity contribution is -0.140. The van der Waals surface area contributed by atoms with E-state index in [0.29, 0.717) is 12.0 Å². The predicted octanol–water partition coefficient (Wildman–Crippen LogP) is 2.95. The number of carboxylic acid groups (broad SMARTS) is 1. The molecular weight excluding hydrogens is 340 g/mol. The summed E-state index contributed by atoms with van der Waals surface area (Å²) in [6.45, 7) is 5.20. The maximum atomic E-state index is 12.8. The number of carbonyl (C=O) groups is 2. The maximum absolute atomic E-state index is 12.8. The van der Waals surface area contributed by atoms with Gasteiger partial charge in [0, 0.05) is 24.5 Å². The second kappa shape index (κ2) is 8.87. The fourth-order valence-electron chi connectivity index (χ4n) is 3.96. The summed E-state index contributed by atoms with van der Waals surface area (Å²) in [5.74, 6) is 0.289. The molecule has 0 radical (unpaired) electrons. The standard InChI is InChI=1S/C22H32N2O3/c1-15(2)20(10-16-6-4-3-5-7-16)22(27)23-18-11-19(12-18)24(14-21(25)26)13-17-8-9-17/h3-7,15,17-20H,8-14H2,1-2H3,(H,23,27)(H,25,26). The highest BCUT2D eigenvalue weighted by Gasteiger charge is 2.38. The molecule has 3 rings (SSSR count). The van der Waals surface area contributed by atoms with E-state index in [4.69, 9.17) is 5.11 Å². The molecule has 1 aromatic rings. The fraction of sp³-hybridized carbons (Fsp3) is 0.636. The SMILES string of the molecule is CC(C)C(Cc1ccccc1)C(=O)NC1CC(N(CC(=O)O)CC2CC2)C1. The van der Waals surface area contributed by atoms with E-state index < -0.39 is 5.97 Å². The van der Waals surface area contributed by atoms with Gasteiger partial charge in [-0.3, -0.25) is 14.5 Å². The number of hydrogen-bond acceptors (Lipinski definition) is 3. The van der Waals surface area contributed by atoms with Crippen molar-refractivity contribution in [3.63, 3.8) is 0 Å². The lowest BCUT2D eigenvalue weighted by atomic mass is 9.83. The zero-order valence-corrected chi connectivity index (χ0v) is 16.4. The molecule has 1 unspecified atom stereocenters. The zero-order valence-electron chi connectivity index (χ0n) is 16.4. The number of carbonyl (C=O) groups excluding carboxylic acids is 1. The van der Waals surface area contributed by atoms with Crippen LogP contribution in [0.3, 0.4) is 0 Å². The number of nitrogens with one attached hydrogen (secondary N) is 1. The van der Waals surface area contributed by atoms with E-state index in [1.807, 2.05) is 18.2 Å². The van der Waals surface area contributed by atoms with E-state index >= 15 is 0 Å². The number of aliphatic carboxylic acids is 1. The van der Waals surface area contributed by atoms with Crippen LogP contribution in [-0.2, 0) is 16.0 Å². The van der Waals surface area contributed by atoms with Crippen molar-refractivity contribution >= 4 is 11.9 Å². The molecule has 0 heterocycles. The van der Waals surface area contributed by atoms with Gasteiger partial charge in [0.1, 0.15) is 0 Å². The Hall–Kier alpha value is -1.88. The monoisotopic (exact) mass is 372 g/mol. The number of nitrogens with zero attached hydrogens (tertiary/aromatic N) is 1. The predicted molar refractivity (Wildman–Crippen MR) is 105 cm³/mol. The summed E-state index contributed by atoms with van der Waals surface area (Å²) < 4.78 is 0. The minimum Gasteiger partial charge on any atom is -0.480 e. The molecule has 0 spiro atoms. The third kappa shape index (κ3) is 5.80. The van der Waals surface area contributed by atoms with Gasteiger partial charge in [-0.05, 0) is 49.5 Å². The molecule has 5 heteroatoms. The van der Waals surface area contributed by atoms with Gasteiger partial charge in [-0.15, -0.1) is 0 Å². The quantitative estimate of drug-likeness (QED) is 0.662. The summed E-state index contributed by atoms with van der Waals surface area (Å²) in [5, 5.41) is 12.4. The van der Waals surface area contributed by atoms with Gasteiger partial charge in [-0.25, -0.2) is 0 Å². The number of amides is 1. The highest BCUT2D eigenvalue weighted by Crippen LogP contribution is 2.34. The van der Waals surface area contributed by atoms with Crippen molar-refractivity contribution in [1.29, 1.82) is 0 Å². The topological polar surface area (TPSA) is 69.6 Å². The van der Waals surface area contributed by atoms with Crippen LogP contribution in [0, 0.1) is 17.8 Å². The molecule has 0 aromatic heterocycles. The average molecular weight is 373 g/mol. The Bertz CT molecular complexity index is 636. The first kappa shape index (κ1) is 19.9. The summed E-state index contributed by atoms with van der Waals surface area (Å²) in [7, 11) is 0. The zero-order chi connectivity index (χ0) is 19.4. The molecule has 5 nitrogen and oxygen atoms in total. The van der Waals surface area contributed by atoms with Gasteiger partial charge in [0.15, 0.2) is 0 Å². The summed E-state index contributed by atoms with van der Waals surface area (Å²) in [6.07, 6.45) is 4.92. The lowest BCUT2D eigenvalue weighted by Gasteiger charge is -2.43. The molecule has 1 amide bonds. The second-order valence-corrected chi connectivity index (χ2v) is 8.64. The number of benzene rings is 1. The maximum Gasteiger partial charge on any atom is 0.317 e. The highest BCUT2D eigenvalue weighted by atomic mass is 16.4. The summed E-state index contributed by atoms with van der Waals surface area (Å²) >= 11 is 0. The third-order valence-electron chi connectivity index (χ3n) is 5.94. The normalized spacial score (nSPS) is 23.1. The summed E-state index contributed by atoms with van der Waals surface area (Å²) in [4.78, 5) is 26.1. The van der Waals surface area contributed by atoms with E-state index in [9.17, 15) is 9.59 Å². The van der Waals surface area contributed by atoms with Gasteiger partial charge < -0.3 is 10.4 Å². The van der Waals surface area contributed by atoms with E-state index in [-0.39, 0.29) is 30.3 Å². The molecule has 148 valence electrons. The van der Waals surface area contributed by atoms with Crippen LogP contribution in [0.4, 0.5) is 0 Å². The van der Waals surface area contributed by atoms with Crippen molar-refractivity contribution in [3.05, 3.63) is 35.9 Å². The van der Waals surface area contributed by atoms with Crippen molar-refractivity contribution in [2.45, 2.75) is 58.0 Å². The van der Waals surface area contributed by atoms with Gasteiger partial charge in [0.05, 0.1) is 6.54 Å². The van der Waals surface area contributed by atoms with Gasteiger partial charge in [0.2, 0.25) is 5.91 Å². The van der Waals surface area contributed by atoms with Crippen LogP contribution in [0.1, 0.15) is 45.1 Å². The Morgan fingerprint density at radius 3 is 2.41 bits per heavy atom. The van der Waals surface area contributed by atoms with Crippen molar-refractivity contribution in [2.24, 2.45) is 17.8 Å². The largest absolute Gasteiger partial charge is 0.480 e. The van der Waals surface area contributed by atoms with Crippen molar-refractivity contribution < 1.29 is 14.7 Å². The van der Waals surface area contributed by atoms with Crippen molar-refractivity contribution in [1.82, 2.24) is 10.2 Å². The van der Waals surface area contributed by atoms with Crippen LogP contribution in [-0.4, -0.2) is 47.1 Å². The second-order valence-electron chi connectivity index (χ2n) is 8.64. The average Bonchev–Trinajstić information content (AvgIpc) is 3.39. The minimum absolute atomic E-state index is 0.0342. The Balaban J connectivity index is 1.49. The van der Waals surface area contributed by atoms with Crippen LogP contribution in [0.5, 0.6) is 0 Å². The molecule has 2 aliphatic rings. The third-order valence-corrected chi connectivity index (χ3v) is 5.94. The Labute approximate surface area is 162 Å². The molecule has 2 saturated carbocycles. The first-order valence-electron chi connectivity index (χ1n) is 10.2. The summed E-state index contributed by atoms with van der Waals surface area (Å²) in [6, 6.07) is 10.6. The van der Waals surface area contributed by atoms with Crippen LogP contribution in [0.15, 0.2) is 30.3 Å².